The zero-order chi connectivity index (χ0) is 17.8. The van der Waals surface area contributed by atoms with Crippen molar-refractivity contribution in [1.29, 1.82) is 0 Å². The Hall–Kier alpha value is -2.34. The van der Waals surface area contributed by atoms with Crippen LogP contribution in [0.3, 0.4) is 0 Å². The van der Waals surface area contributed by atoms with Crippen LogP contribution in [-0.2, 0) is 11.8 Å². The van der Waals surface area contributed by atoms with Gasteiger partial charge in [0.05, 0.1) is 6.20 Å². The molecule has 25 heavy (non-hydrogen) atoms. The number of hydrogen-bond acceptors (Lipinski definition) is 4. The Labute approximate surface area is 149 Å². The Kier molecular flexibility index (Phi) is 5.38. The Balaban J connectivity index is 1.54. The van der Waals surface area contributed by atoms with Gasteiger partial charge in [0.1, 0.15) is 5.75 Å². The molecule has 6 heteroatoms. The third kappa shape index (κ3) is 4.39. The van der Waals surface area contributed by atoms with E-state index in [1.165, 1.54) is 0 Å². The number of aromatic nitrogens is 2. The van der Waals surface area contributed by atoms with Crippen molar-refractivity contribution in [2.24, 2.45) is 7.05 Å². The summed E-state index contributed by atoms with van der Waals surface area (Å²) in [6.07, 6.45) is 5.77. The molecule has 3 rings (SSSR count). The highest BCUT2D eigenvalue weighted by molar-refractivity contribution is 5.78. The lowest BCUT2D eigenvalue weighted by Gasteiger charge is -2.35. The van der Waals surface area contributed by atoms with Gasteiger partial charge in [-0.05, 0) is 56.8 Å². The van der Waals surface area contributed by atoms with Crippen LogP contribution in [0, 0.1) is 6.07 Å². The van der Waals surface area contributed by atoms with E-state index in [0.29, 0.717) is 11.8 Å². The lowest BCUT2D eigenvalue weighted by Crippen LogP contribution is -2.45. The highest BCUT2D eigenvalue weighted by Crippen LogP contribution is 2.23. The van der Waals surface area contributed by atoms with E-state index in [1.54, 1.807) is 16.9 Å². The van der Waals surface area contributed by atoms with E-state index in [-0.39, 0.29) is 12.5 Å². The van der Waals surface area contributed by atoms with Gasteiger partial charge in [0.2, 0.25) is 0 Å². The van der Waals surface area contributed by atoms with Gasteiger partial charge in [0, 0.05) is 37.9 Å². The largest absolute Gasteiger partial charge is 0.484 e. The number of ether oxygens (including phenoxy) is 1. The lowest BCUT2D eigenvalue weighted by molar-refractivity contribution is -0.134. The minimum absolute atomic E-state index is 0.0454. The van der Waals surface area contributed by atoms with Crippen molar-refractivity contribution in [1.82, 2.24) is 19.6 Å². The first-order valence-corrected chi connectivity index (χ1v) is 8.60. The summed E-state index contributed by atoms with van der Waals surface area (Å²) in [5.41, 5.74) is 1.98. The molecular weight excluding hydrogens is 316 g/mol. The van der Waals surface area contributed by atoms with Crippen LogP contribution in [0.1, 0.15) is 12.8 Å². The smallest absolute Gasteiger partial charge is 0.260 e. The van der Waals surface area contributed by atoms with Gasteiger partial charge < -0.3 is 14.5 Å². The minimum atomic E-state index is 0.0454. The van der Waals surface area contributed by atoms with Crippen molar-refractivity contribution in [3.8, 4) is 16.9 Å². The van der Waals surface area contributed by atoms with Gasteiger partial charge in [-0.1, -0.05) is 0 Å². The van der Waals surface area contributed by atoms with Crippen molar-refractivity contribution in [2.45, 2.75) is 18.9 Å². The predicted molar refractivity (Wildman–Crippen MR) is 96.3 cm³/mol. The maximum Gasteiger partial charge on any atom is 0.260 e. The summed E-state index contributed by atoms with van der Waals surface area (Å²) < 4.78 is 7.46. The molecule has 0 atom stereocenters. The van der Waals surface area contributed by atoms with Crippen LogP contribution in [0.2, 0.25) is 0 Å². The Bertz CT molecular complexity index is 718. The second-order valence-electron chi connectivity index (χ2n) is 6.72. The third-order valence-corrected chi connectivity index (χ3v) is 4.71. The van der Waals surface area contributed by atoms with E-state index in [4.69, 9.17) is 4.74 Å². The molecule has 2 heterocycles. The molecule has 1 aromatic carbocycles. The normalized spacial score (nSPS) is 15.6. The van der Waals surface area contributed by atoms with E-state index in [2.05, 4.69) is 30.2 Å². The highest BCUT2D eigenvalue weighted by atomic mass is 16.5. The van der Waals surface area contributed by atoms with Gasteiger partial charge in [-0.15, -0.1) is 0 Å². The molecule has 1 radical (unpaired) electrons. The zero-order valence-electron chi connectivity index (χ0n) is 15.1. The molecule has 1 saturated heterocycles. The van der Waals surface area contributed by atoms with Crippen molar-refractivity contribution in [3.05, 3.63) is 36.7 Å². The molecule has 1 amide bonds. The van der Waals surface area contributed by atoms with Gasteiger partial charge in [-0.25, -0.2) is 0 Å². The molecule has 0 unspecified atom stereocenters. The van der Waals surface area contributed by atoms with E-state index in [0.717, 1.165) is 37.1 Å². The van der Waals surface area contributed by atoms with Crippen molar-refractivity contribution in [2.75, 3.05) is 33.8 Å². The van der Waals surface area contributed by atoms with Crippen LogP contribution in [0.15, 0.2) is 30.6 Å². The molecule has 1 aromatic heterocycles. The fourth-order valence-electron chi connectivity index (χ4n) is 3.14. The average Bonchev–Trinajstić information content (AvgIpc) is 3.06. The lowest BCUT2D eigenvalue weighted by atomic mass is 10.0. The summed E-state index contributed by atoms with van der Waals surface area (Å²) in [5.74, 6) is 0.696. The Morgan fingerprint density at radius 1 is 1.32 bits per heavy atom. The molecule has 1 aliphatic heterocycles. The predicted octanol–water partition coefficient (Wildman–Crippen LogP) is 1.82. The summed E-state index contributed by atoms with van der Waals surface area (Å²) in [6, 6.07) is 9.19. The number of amides is 1. The maximum atomic E-state index is 12.4. The molecule has 1 aliphatic rings. The third-order valence-electron chi connectivity index (χ3n) is 4.71. The van der Waals surface area contributed by atoms with E-state index in [1.807, 2.05) is 30.3 Å². The van der Waals surface area contributed by atoms with E-state index in [9.17, 15) is 4.79 Å². The molecule has 0 spiro atoms. The van der Waals surface area contributed by atoms with Crippen LogP contribution in [0.5, 0.6) is 5.75 Å². The van der Waals surface area contributed by atoms with Crippen LogP contribution >= 0.6 is 0 Å². The molecule has 2 aromatic rings. The second kappa shape index (κ2) is 7.70. The number of hydrogen-bond donors (Lipinski definition) is 0. The quantitative estimate of drug-likeness (QED) is 0.832. The van der Waals surface area contributed by atoms with Crippen molar-refractivity contribution < 1.29 is 9.53 Å². The Morgan fingerprint density at radius 3 is 2.72 bits per heavy atom. The standard InChI is InChI=1S/C19H25N4O2/c1-21(2)17-7-9-23(10-8-17)19(24)14-25-18-6-4-5-15(11-18)16-12-20-22(3)13-16/h5-6,11-13,17H,7-10,14H2,1-3H3. The van der Waals surface area contributed by atoms with Crippen molar-refractivity contribution in [3.63, 3.8) is 0 Å². The SMILES string of the molecule is CN(C)C1CCN(C(=O)COc2c[c]cc(-c3cnn(C)c3)c2)CC1. The van der Waals surface area contributed by atoms with Gasteiger partial charge in [-0.2, -0.15) is 5.10 Å². The molecule has 6 nitrogen and oxygen atoms in total. The van der Waals surface area contributed by atoms with Gasteiger partial charge in [-0.3, -0.25) is 9.48 Å². The summed E-state index contributed by atoms with van der Waals surface area (Å²) in [7, 11) is 6.07. The topological polar surface area (TPSA) is 50.6 Å². The van der Waals surface area contributed by atoms with Crippen molar-refractivity contribution >= 4 is 5.91 Å². The number of carbonyl (C=O) groups excluding carboxylic acids is 1. The summed E-state index contributed by atoms with van der Waals surface area (Å²) in [4.78, 5) is 16.5. The average molecular weight is 341 g/mol. The summed E-state index contributed by atoms with van der Waals surface area (Å²) in [5, 5.41) is 4.17. The monoisotopic (exact) mass is 341 g/mol. The van der Waals surface area contributed by atoms with Gasteiger partial charge >= 0.3 is 0 Å². The second-order valence-corrected chi connectivity index (χ2v) is 6.72. The minimum Gasteiger partial charge on any atom is -0.484 e. The number of carbonyl (C=O) groups is 1. The van der Waals surface area contributed by atoms with Crippen LogP contribution in [-0.4, -0.2) is 65.3 Å². The number of aryl methyl sites for hydroxylation is 1. The maximum absolute atomic E-state index is 12.4. The highest BCUT2D eigenvalue weighted by Gasteiger charge is 2.23. The first kappa shape index (κ1) is 17.5. The van der Waals surface area contributed by atoms with Gasteiger partial charge in [0.15, 0.2) is 6.61 Å². The summed E-state index contributed by atoms with van der Waals surface area (Å²) >= 11 is 0. The molecule has 0 bridgehead atoms. The molecule has 133 valence electrons. The zero-order valence-corrected chi connectivity index (χ0v) is 15.1. The fraction of sp³-hybridized carbons (Fsp3) is 0.474. The van der Waals surface area contributed by atoms with E-state index < -0.39 is 0 Å². The molecular formula is C19H25N4O2. The van der Waals surface area contributed by atoms with Crippen LogP contribution < -0.4 is 4.74 Å². The fourth-order valence-corrected chi connectivity index (χ4v) is 3.14. The first-order valence-electron chi connectivity index (χ1n) is 8.60. The number of likely N-dealkylation sites (tertiary alicyclic amines) is 1. The summed E-state index contributed by atoms with van der Waals surface area (Å²) in [6.45, 7) is 1.66. The number of nitrogens with zero attached hydrogens (tertiary/aromatic N) is 4. The number of benzene rings is 1. The first-order chi connectivity index (χ1) is 12.0. The van der Waals surface area contributed by atoms with Crippen LogP contribution in [0.4, 0.5) is 0 Å². The molecule has 1 fully saturated rings. The van der Waals surface area contributed by atoms with E-state index >= 15 is 0 Å². The number of rotatable bonds is 5. The molecule has 0 saturated carbocycles. The van der Waals surface area contributed by atoms with Crippen LogP contribution in [0.25, 0.3) is 11.1 Å². The molecule has 0 aliphatic carbocycles. The number of piperidine rings is 1. The Morgan fingerprint density at radius 2 is 2.08 bits per heavy atom. The van der Waals surface area contributed by atoms with Gasteiger partial charge in [0.25, 0.3) is 5.91 Å². The molecule has 0 N–H and O–H groups in total.